The molecule has 2 atom stereocenters. The minimum absolute atomic E-state index is 0.150. The lowest BCUT2D eigenvalue weighted by molar-refractivity contribution is -0.0543. The fraction of sp³-hybridized carbons (Fsp3) is 0.538. The number of fused-ring (bicyclic) bond motifs is 1. The Bertz CT molecular complexity index is 373. The number of aliphatic hydroxyl groups is 1. The summed E-state index contributed by atoms with van der Waals surface area (Å²) in [5, 5.41) is 10.6. The van der Waals surface area contributed by atoms with Gasteiger partial charge in [-0.05, 0) is 25.5 Å². The number of hydrogen-bond donors (Lipinski definition) is 1. The van der Waals surface area contributed by atoms with E-state index in [1.165, 1.54) is 5.56 Å². The van der Waals surface area contributed by atoms with Crippen molar-refractivity contribution in [2.24, 2.45) is 5.92 Å². The SMILES string of the molecule is CCC1(O)c2cc(C)ccc2OCC1C. The van der Waals surface area contributed by atoms with Crippen LogP contribution >= 0.6 is 0 Å². The van der Waals surface area contributed by atoms with E-state index < -0.39 is 5.60 Å². The summed E-state index contributed by atoms with van der Waals surface area (Å²) >= 11 is 0. The Morgan fingerprint density at radius 3 is 2.93 bits per heavy atom. The van der Waals surface area contributed by atoms with Crippen LogP contribution in [0.4, 0.5) is 0 Å². The summed E-state index contributed by atoms with van der Waals surface area (Å²) in [4.78, 5) is 0. The lowest BCUT2D eigenvalue weighted by Gasteiger charge is -2.39. The highest BCUT2D eigenvalue weighted by molar-refractivity contribution is 5.42. The molecule has 0 saturated heterocycles. The molecule has 15 heavy (non-hydrogen) atoms. The number of ether oxygens (including phenoxy) is 1. The summed E-state index contributed by atoms with van der Waals surface area (Å²) in [5.41, 5.74) is 1.39. The quantitative estimate of drug-likeness (QED) is 0.765. The summed E-state index contributed by atoms with van der Waals surface area (Å²) in [6.45, 7) is 6.69. The minimum Gasteiger partial charge on any atom is -0.493 e. The fourth-order valence-electron chi connectivity index (χ4n) is 2.27. The van der Waals surface area contributed by atoms with Crippen molar-refractivity contribution in [2.45, 2.75) is 32.8 Å². The normalized spacial score (nSPS) is 29.5. The summed E-state index contributed by atoms with van der Waals surface area (Å²) in [6, 6.07) is 6.01. The first-order valence-corrected chi connectivity index (χ1v) is 5.54. The van der Waals surface area contributed by atoms with E-state index in [-0.39, 0.29) is 5.92 Å². The van der Waals surface area contributed by atoms with Gasteiger partial charge in [-0.2, -0.15) is 0 Å². The van der Waals surface area contributed by atoms with Crippen molar-refractivity contribution in [1.29, 1.82) is 0 Å². The van der Waals surface area contributed by atoms with E-state index in [1.807, 2.05) is 39.0 Å². The first-order chi connectivity index (χ1) is 7.08. The third-order valence-electron chi connectivity index (χ3n) is 3.44. The van der Waals surface area contributed by atoms with Crippen molar-refractivity contribution in [3.05, 3.63) is 29.3 Å². The molecule has 1 aromatic carbocycles. The summed E-state index contributed by atoms with van der Waals surface area (Å²) in [7, 11) is 0. The Morgan fingerprint density at radius 2 is 2.27 bits per heavy atom. The zero-order valence-corrected chi connectivity index (χ0v) is 9.58. The van der Waals surface area contributed by atoms with E-state index in [0.29, 0.717) is 6.61 Å². The van der Waals surface area contributed by atoms with Gasteiger partial charge in [0, 0.05) is 11.5 Å². The Morgan fingerprint density at radius 1 is 1.53 bits per heavy atom. The first-order valence-electron chi connectivity index (χ1n) is 5.54. The van der Waals surface area contributed by atoms with Gasteiger partial charge in [0.1, 0.15) is 5.75 Å². The monoisotopic (exact) mass is 206 g/mol. The minimum atomic E-state index is -0.723. The van der Waals surface area contributed by atoms with Crippen molar-refractivity contribution < 1.29 is 9.84 Å². The molecule has 1 aliphatic heterocycles. The highest BCUT2D eigenvalue weighted by Gasteiger charge is 2.40. The molecule has 82 valence electrons. The van der Waals surface area contributed by atoms with E-state index in [4.69, 9.17) is 4.74 Å². The second-order valence-corrected chi connectivity index (χ2v) is 4.49. The molecule has 2 rings (SSSR count). The van der Waals surface area contributed by atoms with Gasteiger partial charge in [-0.1, -0.05) is 25.5 Å². The van der Waals surface area contributed by atoms with Gasteiger partial charge in [0.25, 0.3) is 0 Å². The topological polar surface area (TPSA) is 29.5 Å². The molecule has 1 N–H and O–H groups in total. The first kappa shape index (κ1) is 10.5. The lowest BCUT2D eigenvalue weighted by atomic mass is 9.78. The highest BCUT2D eigenvalue weighted by Crippen LogP contribution is 2.42. The molecule has 0 amide bonds. The number of rotatable bonds is 1. The molecule has 1 aliphatic rings. The molecule has 0 aromatic heterocycles. The average molecular weight is 206 g/mol. The standard InChI is InChI=1S/C13H18O2/c1-4-13(14)10(3)8-15-12-6-5-9(2)7-11(12)13/h5-7,10,14H,4,8H2,1-3H3. The molecule has 2 unspecified atom stereocenters. The predicted molar refractivity (Wildman–Crippen MR) is 60.0 cm³/mol. The van der Waals surface area contributed by atoms with Crippen molar-refractivity contribution in [3.63, 3.8) is 0 Å². The van der Waals surface area contributed by atoms with Gasteiger partial charge in [0.15, 0.2) is 0 Å². The average Bonchev–Trinajstić information content (AvgIpc) is 2.24. The maximum atomic E-state index is 10.6. The predicted octanol–water partition coefficient (Wildman–Crippen LogP) is 2.62. The van der Waals surface area contributed by atoms with Gasteiger partial charge in [-0.3, -0.25) is 0 Å². The molecule has 1 heterocycles. The smallest absolute Gasteiger partial charge is 0.125 e. The van der Waals surface area contributed by atoms with Gasteiger partial charge in [0.2, 0.25) is 0 Å². The molecule has 1 aromatic rings. The molecular formula is C13H18O2. The van der Waals surface area contributed by atoms with Crippen LogP contribution in [0.5, 0.6) is 5.75 Å². The summed E-state index contributed by atoms with van der Waals surface area (Å²) in [5.74, 6) is 0.986. The van der Waals surface area contributed by atoms with Crippen LogP contribution in [0.1, 0.15) is 31.4 Å². The molecular weight excluding hydrogens is 188 g/mol. The van der Waals surface area contributed by atoms with Gasteiger partial charge in [-0.25, -0.2) is 0 Å². The Balaban J connectivity index is 2.56. The maximum absolute atomic E-state index is 10.6. The lowest BCUT2D eigenvalue weighted by Crippen LogP contribution is -2.40. The number of aryl methyl sites for hydroxylation is 1. The van der Waals surface area contributed by atoms with Crippen LogP contribution in [-0.4, -0.2) is 11.7 Å². The second kappa shape index (κ2) is 3.53. The summed E-state index contributed by atoms with van der Waals surface area (Å²) < 4.78 is 5.63. The Labute approximate surface area is 90.9 Å². The largest absolute Gasteiger partial charge is 0.493 e. The highest BCUT2D eigenvalue weighted by atomic mass is 16.5. The van der Waals surface area contributed by atoms with E-state index >= 15 is 0 Å². The molecule has 2 nitrogen and oxygen atoms in total. The molecule has 0 radical (unpaired) electrons. The van der Waals surface area contributed by atoms with E-state index in [1.54, 1.807) is 0 Å². The van der Waals surface area contributed by atoms with Crippen LogP contribution in [0.2, 0.25) is 0 Å². The van der Waals surface area contributed by atoms with Gasteiger partial charge >= 0.3 is 0 Å². The van der Waals surface area contributed by atoms with Crippen LogP contribution in [0.3, 0.4) is 0 Å². The molecule has 2 heteroatoms. The Hall–Kier alpha value is -1.02. The summed E-state index contributed by atoms with van der Waals surface area (Å²) in [6.07, 6.45) is 0.730. The van der Waals surface area contributed by atoms with Gasteiger partial charge in [0.05, 0.1) is 12.2 Å². The van der Waals surface area contributed by atoms with E-state index in [2.05, 4.69) is 0 Å². The van der Waals surface area contributed by atoms with Gasteiger partial charge in [-0.15, -0.1) is 0 Å². The maximum Gasteiger partial charge on any atom is 0.125 e. The second-order valence-electron chi connectivity index (χ2n) is 4.49. The number of hydrogen-bond acceptors (Lipinski definition) is 2. The molecule has 0 bridgehead atoms. The van der Waals surface area contributed by atoms with Crippen LogP contribution in [0.25, 0.3) is 0 Å². The third-order valence-corrected chi connectivity index (χ3v) is 3.44. The van der Waals surface area contributed by atoms with Crippen LogP contribution < -0.4 is 4.74 Å². The molecule has 0 saturated carbocycles. The fourth-order valence-corrected chi connectivity index (χ4v) is 2.27. The van der Waals surface area contributed by atoms with E-state index in [9.17, 15) is 5.11 Å². The molecule has 0 fully saturated rings. The molecule has 0 spiro atoms. The van der Waals surface area contributed by atoms with Crippen LogP contribution in [0.15, 0.2) is 18.2 Å². The zero-order chi connectivity index (χ0) is 11.1. The molecule has 0 aliphatic carbocycles. The van der Waals surface area contributed by atoms with Crippen molar-refractivity contribution in [3.8, 4) is 5.75 Å². The van der Waals surface area contributed by atoms with E-state index in [0.717, 1.165) is 17.7 Å². The van der Waals surface area contributed by atoms with Crippen LogP contribution in [-0.2, 0) is 5.60 Å². The third kappa shape index (κ3) is 1.53. The van der Waals surface area contributed by atoms with Crippen molar-refractivity contribution in [1.82, 2.24) is 0 Å². The van der Waals surface area contributed by atoms with Crippen LogP contribution in [0, 0.1) is 12.8 Å². The Kier molecular flexibility index (Phi) is 2.47. The van der Waals surface area contributed by atoms with Gasteiger partial charge < -0.3 is 9.84 Å². The van der Waals surface area contributed by atoms with Crippen molar-refractivity contribution >= 4 is 0 Å². The zero-order valence-electron chi connectivity index (χ0n) is 9.58. The van der Waals surface area contributed by atoms with Crippen molar-refractivity contribution in [2.75, 3.05) is 6.61 Å². The number of benzene rings is 1.